The van der Waals surface area contributed by atoms with E-state index in [-0.39, 0.29) is 0 Å². The number of likely N-dealkylation sites (N-methyl/N-ethyl adjacent to an activating group) is 1. The second-order valence-electron chi connectivity index (χ2n) is 4.82. The van der Waals surface area contributed by atoms with Crippen LogP contribution in [0.3, 0.4) is 0 Å². The van der Waals surface area contributed by atoms with E-state index in [0.717, 1.165) is 18.4 Å². The van der Waals surface area contributed by atoms with Crippen LogP contribution in [-0.2, 0) is 12.8 Å². The molecular weight excluding hydrogens is 266 g/mol. The maximum absolute atomic E-state index is 4.71. The van der Waals surface area contributed by atoms with Crippen molar-refractivity contribution in [3.05, 3.63) is 59.4 Å². The Labute approximate surface area is 122 Å². The molecule has 20 heavy (non-hydrogen) atoms. The smallest absolute Gasteiger partial charge is 0.0954 e. The zero-order valence-corrected chi connectivity index (χ0v) is 12.2. The number of rotatable bonds is 5. The molecule has 1 unspecified atom stereocenters. The molecule has 2 heterocycles. The Morgan fingerprint density at radius 2 is 1.90 bits per heavy atom. The van der Waals surface area contributed by atoms with Gasteiger partial charge >= 0.3 is 0 Å². The first-order valence-corrected chi connectivity index (χ1v) is 7.57. The van der Waals surface area contributed by atoms with Crippen molar-refractivity contribution in [3.8, 4) is 0 Å². The normalized spacial score (nSPS) is 12.7. The molecule has 0 saturated heterocycles. The Hall–Kier alpha value is -1.78. The molecule has 0 radical (unpaired) electrons. The monoisotopic (exact) mass is 283 g/mol. The first kappa shape index (κ1) is 13.2. The van der Waals surface area contributed by atoms with Gasteiger partial charge in [0.25, 0.3) is 0 Å². The van der Waals surface area contributed by atoms with Crippen LogP contribution in [0.15, 0.2) is 48.8 Å². The second-order valence-corrected chi connectivity index (χ2v) is 5.94. The summed E-state index contributed by atoms with van der Waals surface area (Å²) in [6, 6.07) is 12.9. The largest absolute Gasteiger partial charge is 0.316 e. The minimum Gasteiger partial charge on any atom is -0.316 e. The predicted octanol–water partition coefficient (Wildman–Crippen LogP) is 3.06. The lowest BCUT2D eigenvalue weighted by molar-refractivity contribution is 0.555. The van der Waals surface area contributed by atoms with Gasteiger partial charge in [-0.15, -0.1) is 11.3 Å². The summed E-state index contributed by atoms with van der Waals surface area (Å²) in [5, 5.41) is 4.58. The number of aromatic nitrogens is 2. The highest BCUT2D eigenvalue weighted by molar-refractivity contribution is 7.18. The van der Waals surface area contributed by atoms with Crippen molar-refractivity contribution < 1.29 is 0 Å². The number of thiazole rings is 1. The van der Waals surface area contributed by atoms with Crippen molar-refractivity contribution in [2.75, 3.05) is 7.05 Å². The zero-order chi connectivity index (χ0) is 13.8. The standard InChI is InChI=1S/C16H17N3S/c1-17-13(10-12-6-8-18-9-7-12)11-16-19-14-4-2-3-5-15(14)20-16/h2-9,13,17H,10-11H2,1H3. The van der Waals surface area contributed by atoms with Crippen molar-refractivity contribution >= 4 is 21.6 Å². The van der Waals surface area contributed by atoms with E-state index >= 15 is 0 Å². The summed E-state index contributed by atoms with van der Waals surface area (Å²) in [6.07, 6.45) is 5.65. The third-order valence-corrected chi connectivity index (χ3v) is 4.46. The van der Waals surface area contributed by atoms with Crippen molar-refractivity contribution in [1.29, 1.82) is 0 Å². The van der Waals surface area contributed by atoms with Crippen LogP contribution in [0.2, 0.25) is 0 Å². The Morgan fingerprint density at radius 1 is 1.10 bits per heavy atom. The van der Waals surface area contributed by atoms with Crippen molar-refractivity contribution in [3.63, 3.8) is 0 Å². The number of benzene rings is 1. The number of hydrogen-bond donors (Lipinski definition) is 1. The van der Waals surface area contributed by atoms with E-state index in [4.69, 9.17) is 4.98 Å². The van der Waals surface area contributed by atoms with Gasteiger partial charge in [-0.3, -0.25) is 4.98 Å². The molecule has 0 fully saturated rings. The molecule has 1 aromatic carbocycles. The Bertz CT molecular complexity index is 645. The van der Waals surface area contributed by atoms with E-state index < -0.39 is 0 Å². The number of hydrogen-bond acceptors (Lipinski definition) is 4. The maximum Gasteiger partial charge on any atom is 0.0954 e. The highest BCUT2D eigenvalue weighted by Crippen LogP contribution is 2.22. The molecule has 0 amide bonds. The van der Waals surface area contributed by atoms with E-state index in [1.807, 2.05) is 25.5 Å². The molecule has 2 aromatic heterocycles. The third-order valence-electron chi connectivity index (χ3n) is 3.40. The Kier molecular flexibility index (Phi) is 4.04. The van der Waals surface area contributed by atoms with Crippen LogP contribution in [0.25, 0.3) is 10.2 Å². The summed E-state index contributed by atoms with van der Waals surface area (Å²) in [4.78, 5) is 8.77. The average Bonchev–Trinajstić information content (AvgIpc) is 2.90. The summed E-state index contributed by atoms with van der Waals surface area (Å²) in [5.74, 6) is 0. The molecule has 1 atom stereocenters. The maximum atomic E-state index is 4.71. The summed E-state index contributed by atoms with van der Waals surface area (Å²) >= 11 is 1.79. The number of nitrogens with one attached hydrogen (secondary N) is 1. The summed E-state index contributed by atoms with van der Waals surface area (Å²) in [5.41, 5.74) is 2.41. The predicted molar refractivity (Wildman–Crippen MR) is 84.1 cm³/mol. The van der Waals surface area contributed by atoms with Gasteiger partial charge in [-0.1, -0.05) is 12.1 Å². The molecule has 0 aliphatic carbocycles. The van der Waals surface area contributed by atoms with Gasteiger partial charge in [0.15, 0.2) is 0 Å². The number of para-hydroxylation sites is 1. The Morgan fingerprint density at radius 3 is 2.65 bits per heavy atom. The summed E-state index contributed by atoms with van der Waals surface area (Å²) in [7, 11) is 2.01. The lowest BCUT2D eigenvalue weighted by Crippen LogP contribution is -2.29. The third kappa shape index (κ3) is 3.03. The molecular formula is C16H17N3S. The SMILES string of the molecule is CNC(Cc1ccncc1)Cc1nc2ccccc2s1. The summed E-state index contributed by atoms with van der Waals surface area (Å²) in [6.45, 7) is 0. The lowest BCUT2D eigenvalue weighted by atomic mass is 10.1. The molecule has 102 valence electrons. The van der Waals surface area contributed by atoms with Gasteiger partial charge in [-0.2, -0.15) is 0 Å². The fraction of sp³-hybridized carbons (Fsp3) is 0.250. The van der Waals surface area contributed by atoms with Crippen molar-refractivity contribution in [2.45, 2.75) is 18.9 Å². The van der Waals surface area contributed by atoms with Gasteiger partial charge in [0.1, 0.15) is 0 Å². The van der Waals surface area contributed by atoms with E-state index in [9.17, 15) is 0 Å². The van der Waals surface area contributed by atoms with Crippen molar-refractivity contribution in [1.82, 2.24) is 15.3 Å². The molecule has 4 heteroatoms. The highest BCUT2D eigenvalue weighted by Gasteiger charge is 2.11. The fourth-order valence-electron chi connectivity index (χ4n) is 2.30. The summed E-state index contributed by atoms with van der Waals surface area (Å²) < 4.78 is 1.27. The Balaban J connectivity index is 1.74. The minimum atomic E-state index is 0.401. The van der Waals surface area contributed by atoms with Crippen LogP contribution < -0.4 is 5.32 Å². The van der Waals surface area contributed by atoms with Gasteiger partial charge in [0, 0.05) is 24.9 Å². The molecule has 3 aromatic rings. The van der Waals surface area contributed by atoms with Crippen LogP contribution in [0.4, 0.5) is 0 Å². The van der Waals surface area contributed by atoms with Gasteiger partial charge in [-0.25, -0.2) is 4.98 Å². The van der Waals surface area contributed by atoms with E-state index in [1.54, 1.807) is 11.3 Å². The van der Waals surface area contributed by atoms with Gasteiger partial charge in [0.2, 0.25) is 0 Å². The zero-order valence-electron chi connectivity index (χ0n) is 11.4. The number of fused-ring (bicyclic) bond motifs is 1. The average molecular weight is 283 g/mol. The van der Waals surface area contributed by atoms with E-state index in [2.05, 4.69) is 40.6 Å². The van der Waals surface area contributed by atoms with Gasteiger partial charge in [-0.05, 0) is 43.3 Å². The number of nitrogens with zero attached hydrogens (tertiary/aromatic N) is 2. The van der Waals surface area contributed by atoms with Crippen LogP contribution >= 0.6 is 11.3 Å². The molecule has 0 spiro atoms. The van der Waals surface area contributed by atoms with Crippen LogP contribution in [0.1, 0.15) is 10.6 Å². The van der Waals surface area contributed by atoms with Gasteiger partial charge in [0.05, 0.1) is 15.2 Å². The highest BCUT2D eigenvalue weighted by atomic mass is 32.1. The molecule has 0 bridgehead atoms. The molecule has 0 saturated carbocycles. The van der Waals surface area contributed by atoms with Gasteiger partial charge < -0.3 is 5.32 Å². The molecule has 3 rings (SSSR count). The molecule has 0 aliphatic heterocycles. The lowest BCUT2D eigenvalue weighted by Gasteiger charge is -2.14. The van der Waals surface area contributed by atoms with Crippen LogP contribution in [0, 0.1) is 0 Å². The molecule has 3 nitrogen and oxygen atoms in total. The minimum absolute atomic E-state index is 0.401. The second kappa shape index (κ2) is 6.11. The molecule has 0 aliphatic rings. The first-order valence-electron chi connectivity index (χ1n) is 6.76. The quantitative estimate of drug-likeness (QED) is 0.782. The number of pyridine rings is 1. The molecule has 1 N–H and O–H groups in total. The van der Waals surface area contributed by atoms with Crippen LogP contribution in [-0.4, -0.2) is 23.1 Å². The van der Waals surface area contributed by atoms with Crippen LogP contribution in [0.5, 0.6) is 0 Å². The first-order chi connectivity index (χ1) is 9.85. The van der Waals surface area contributed by atoms with Crippen molar-refractivity contribution in [2.24, 2.45) is 0 Å². The van der Waals surface area contributed by atoms with E-state index in [0.29, 0.717) is 6.04 Å². The fourth-order valence-corrected chi connectivity index (χ4v) is 3.34. The van der Waals surface area contributed by atoms with E-state index in [1.165, 1.54) is 15.3 Å². The topological polar surface area (TPSA) is 37.8 Å².